The summed E-state index contributed by atoms with van der Waals surface area (Å²) in [7, 11) is 0. The predicted molar refractivity (Wildman–Crippen MR) is 84.8 cm³/mol. The van der Waals surface area contributed by atoms with E-state index in [1.807, 2.05) is 0 Å². The van der Waals surface area contributed by atoms with Gasteiger partial charge < -0.3 is 10.1 Å². The van der Waals surface area contributed by atoms with E-state index in [1.54, 1.807) is 0 Å². The molecular weight excluding hydrogens is 246 g/mol. The summed E-state index contributed by atoms with van der Waals surface area (Å²) in [5.41, 5.74) is 1.33. The van der Waals surface area contributed by atoms with E-state index in [1.165, 1.54) is 24.8 Å². The molecule has 0 bridgehead atoms. The molecule has 0 amide bonds. The average molecular weight is 275 g/mol. The van der Waals surface area contributed by atoms with Crippen LogP contribution in [0.5, 0.6) is 0 Å². The molecule has 2 atom stereocenters. The lowest BCUT2D eigenvalue weighted by Gasteiger charge is -2.31. The zero-order valence-electron chi connectivity index (χ0n) is 13.1. The second-order valence-electron chi connectivity index (χ2n) is 6.26. The van der Waals surface area contributed by atoms with Gasteiger partial charge in [0.2, 0.25) is 0 Å². The van der Waals surface area contributed by atoms with Gasteiger partial charge >= 0.3 is 0 Å². The van der Waals surface area contributed by atoms with Crippen molar-refractivity contribution in [3.63, 3.8) is 0 Å². The lowest BCUT2D eigenvalue weighted by Crippen LogP contribution is -2.37. The molecule has 1 aliphatic rings. The Kier molecular flexibility index (Phi) is 6.06. The first-order valence-electron chi connectivity index (χ1n) is 8.12. The van der Waals surface area contributed by atoms with Crippen LogP contribution in [0.25, 0.3) is 0 Å². The van der Waals surface area contributed by atoms with E-state index in [0.29, 0.717) is 12.0 Å². The highest BCUT2D eigenvalue weighted by Gasteiger charge is 2.27. The van der Waals surface area contributed by atoms with Crippen molar-refractivity contribution < 1.29 is 4.74 Å². The molecule has 0 aromatic heterocycles. The molecule has 2 heteroatoms. The summed E-state index contributed by atoms with van der Waals surface area (Å²) in [6, 6.07) is 11.0. The summed E-state index contributed by atoms with van der Waals surface area (Å²) in [5.74, 6) is 1.45. The Hall–Kier alpha value is -0.860. The molecule has 0 heterocycles. The van der Waals surface area contributed by atoms with Crippen molar-refractivity contribution in [1.82, 2.24) is 5.32 Å². The Morgan fingerprint density at radius 1 is 1.20 bits per heavy atom. The minimum atomic E-state index is 0.246. The fraction of sp³-hybridized carbons (Fsp3) is 0.667. The highest BCUT2D eigenvalue weighted by Crippen LogP contribution is 2.33. The number of benzene rings is 1. The molecule has 1 fully saturated rings. The van der Waals surface area contributed by atoms with E-state index in [2.05, 4.69) is 56.4 Å². The number of hydrogen-bond donors (Lipinski definition) is 1. The zero-order valence-corrected chi connectivity index (χ0v) is 13.1. The predicted octanol–water partition coefficient (Wildman–Crippen LogP) is 4.18. The maximum absolute atomic E-state index is 6.26. The molecule has 1 N–H and O–H groups in total. The van der Waals surface area contributed by atoms with Crippen LogP contribution in [0.15, 0.2) is 30.3 Å². The molecule has 1 saturated carbocycles. The van der Waals surface area contributed by atoms with Gasteiger partial charge in [-0.2, -0.15) is 0 Å². The smallest absolute Gasteiger partial charge is 0.0792 e. The van der Waals surface area contributed by atoms with Crippen LogP contribution in [0.2, 0.25) is 0 Å². The Bertz CT molecular complexity index is 372. The molecule has 0 saturated heterocycles. The van der Waals surface area contributed by atoms with Gasteiger partial charge in [0.15, 0.2) is 0 Å². The van der Waals surface area contributed by atoms with Crippen molar-refractivity contribution in [2.45, 2.75) is 52.2 Å². The molecule has 1 aromatic carbocycles. The van der Waals surface area contributed by atoms with Gasteiger partial charge in [0.25, 0.3) is 0 Å². The number of rotatable bonds is 9. The van der Waals surface area contributed by atoms with Crippen LogP contribution < -0.4 is 5.32 Å². The third-order valence-corrected chi connectivity index (χ3v) is 4.10. The van der Waals surface area contributed by atoms with E-state index in [-0.39, 0.29) is 6.10 Å². The molecule has 2 unspecified atom stereocenters. The maximum atomic E-state index is 6.26. The van der Waals surface area contributed by atoms with E-state index in [9.17, 15) is 0 Å². The van der Waals surface area contributed by atoms with Crippen LogP contribution in [-0.2, 0) is 4.74 Å². The monoisotopic (exact) mass is 275 g/mol. The van der Waals surface area contributed by atoms with E-state index < -0.39 is 0 Å². The van der Waals surface area contributed by atoms with Crippen molar-refractivity contribution >= 4 is 0 Å². The maximum Gasteiger partial charge on any atom is 0.0792 e. The van der Waals surface area contributed by atoms with Gasteiger partial charge in [-0.1, -0.05) is 63.9 Å². The highest BCUT2D eigenvalue weighted by molar-refractivity contribution is 5.20. The van der Waals surface area contributed by atoms with Crippen molar-refractivity contribution in [3.8, 4) is 0 Å². The summed E-state index contributed by atoms with van der Waals surface area (Å²) >= 11 is 0. The zero-order chi connectivity index (χ0) is 14.4. The molecule has 0 radical (unpaired) electrons. The van der Waals surface area contributed by atoms with Gasteiger partial charge in [-0.15, -0.1) is 0 Å². The lowest BCUT2D eigenvalue weighted by molar-refractivity contribution is -0.00658. The van der Waals surface area contributed by atoms with E-state index >= 15 is 0 Å². The molecule has 112 valence electrons. The van der Waals surface area contributed by atoms with Crippen LogP contribution in [0.3, 0.4) is 0 Å². The van der Waals surface area contributed by atoms with Crippen molar-refractivity contribution in [3.05, 3.63) is 35.9 Å². The molecule has 1 aromatic rings. The van der Waals surface area contributed by atoms with Gasteiger partial charge in [0, 0.05) is 6.61 Å². The van der Waals surface area contributed by atoms with Crippen LogP contribution in [-0.4, -0.2) is 19.3 Å². The van der Waals surface area contributed by atoms with E-state index in [0.717, 1.165) is 19.1 Å². The third kappa shape index (κ3) is 4.60. The highest BCUT2D eigenvalue weighted by atomic mass is 16.5. The number of hydrogen-bond acceptors (Lipinski definition) is 2. The van der Waals surface area contributed by atoms with Crippen molar-refractivity contribution in [2.75, 3.05) is 13.2 Å². The largest absolute Gasteiger partial charge is 0.376 e. The normalized spacial score (nSPS) is 18.2. The van der Waals surface area contributed by atoms with Crippen LogP contribution in [0.1, 0.15) is 51.6 Å². The Morgan fingerprint density at radius 2 is 1.90 bits per heavy atom. The minimum absolute atomic E-state index is 0.246. The summed E-state index contributed by atoms with van der Waals surface area (Å²) in [4.78, 5) is 0. The second-order valence-corrected chi connectivity index (χ2v) is 6.26. The molecule has 2 nitrogen and oxygen atoms in total. The lowest BCUT2D eigenvalue weighted by atomic mass is 9.93. The standard InChI is InChI=1S/C18H29NO/c1-4-19-17(16-8-6-5-7-9-16)18(14(2)3)20-13-12-15-10-11-15/h5-9,14-15,17-19H,4,10-13H2,1-3H3. The van der Waals surface area contributed by atoms with Crippen molar-refractivity contribution in [2.24, 2.45) is 11.8 Å². The fourth-order valence-electron chi connectivity index (χ4n) is 2.75. The van der Waals surface area contributed by atoms with Crippen LogP contribution >= 0.6 is 0 Å². The fourth-order valence-corrected chi connectivity index (χ4v) is 2.75. The summed E-state index contributed by atoms with van der Waals surface area (Å²) < 4.78 is 6.26. The average Bonchev–Trinajstić information content (AvgIpc) is 3.26. The number of ether oxygens (including phenoxy) is 1. The minimum Gasteiger partial charge on any atom is -0.376 e. The third-order valence-electron chi connectivity index (χ3n) is 4.10. The Morgan fingerprint density at radius 3 is 2.45 bits per heavy atom. The number of nitrogens with one attached hydrogen (secondary N) is 1. The van der Waals surface area contributed by atoms with Crippen molar-refractivity contribution in [1.29, 1.82) is 0 Å². The summed E-state index contributed by atoms with van der Waals surface area (Å²) in [5, 5.41) is 3.61. The molecule has 0 aliphatic heterocycles. The first kappa shape index (κ1) is 15.5. The first-order chi connectivity index (χ1) is 9.72. The second kappa shape index (κ2) is 7.80. The molecule has 2 rings (SSSR count). The quantitative estimate of drug-likeness (QED) is 0.730. The van der Waals surface area contributed by atoms with Crippen LogP contribution in [0, 0.1) is 11.8 Å². The molecule has 0 spiro atoms. The first-order valence-corrected chi connectivity index (χ1v) is 8.12. The number of likely N-dealkylation sites (N-methyl/N-ethyl adjacent to an activating group) is 1. The molecule has 20 heavy (non-hydrogen) atoms. The topological polar surface area (TPSA) is 21.3 Å². The summed E-state index contributed by atoms with van der Waals surface area (Å²) in [6.45, 7) is 8.55. The van der Waals surface area contributed by atoms with Crippen LogP contribution in [0.4, 0.5) is 0 Å². The Balaban J connectivity index is 2.01. The SMILES string of the molecule is CCNC(c1ccccc1)C(OCCC1CC1)C(C)C. The van der Waals surface area contributed by atoms with Gasteiger partial charge in [0.05, 0.1) is 12.1 Å². The van der Waals surface area contributed by atoms with Gasteiger partial charge in [-0.05, 0) is 30.4 Å². The van der Waals surface area contributed by atoms with Gasteiger partial charge in [-0.25, -0.2) is 0 Å². The molecule has 1 aliphatic carbocycles. The van der Waals surface area contributed by atoms with E-state index in [4.69, 9.17) is 4.74 Å². The molecular formula is C18H29NO. The Labute approximate surface area is 123 Å². The van der Waals surface area contributed by atoms with Gasteiger partial charge in [-0.3, -0.25) is 0 Å². The van der Waals surface area contributed by atoms with Gasteiger partial charge in [0.1, 0.15) is 0 Å². The summed E-state index contributed by atoms with van der Waals surface area (Å²) in [6.07, 6.45) is 4.29.